The van der Waals surface area contributed by atoms with Crippen LogP contribution in [-0.4, -0.2) is 18.8 Å². The van der Waals surface area contributed by atoms with E-state index in [4.69, 9.17) is 9.97 Å². The molecule has 0 radical (unpaired) electrons. The minimum Gasteiger partial charge on any atom is -0.309 e. The summed E-state index contributed by atoms with van der Waals surface area (Å²) in [5.41, 5.74) is 18.1. The van der Waals surface area contributed by atoms with Gasteiger partial charge in [-0.05, 0) is 156 Å². The number of nitrogens with zero attached hydrogens (tertiary/aromatic N) is 4. The Hall–Kier alpha value is -11.2. The van der Waals surface area contributed by atoms with Crippen LogP contribution in [0.1, 0.15) is 0 Å². The summed E-state index contributed by atoms with van der Waals surface area (Å²) < 4.78 is 19.6. The molecule has 88 heavy (non-hydrogen) atoms. The highest BCUT2D eigenvalue weighted by Gasteiger charge is 2.30. The summed E-state index contributed by atoms with van der Waals surface area (Å²) in [7, 11) is -3.07. The van der Waals surface area contributed by atoms with E-state index >= 15 is 4.57 Å². The first-order chi connectivity index (χ1) is 43.5. The molecule has 0 saturated heterocycles. The van der Waals surface area contributed by atoms with Gasteiger partial charge in [0.2, 0.25) is 0 Å². The Morgan fingerprint density at radius 1 is 0.227 bits per heavy atom. The van der Waals surface area contributed by atoms with E-state index in [1.54, 1.807) is 0 Å². The molecule has 0 aliphatic carbocycles. The zero-order chi connectivity index (χ0) is 58.3. The molecule has 0 spiro atoms. The average molecular weight is 1140 g/mol. The maximum atomic E-state index is 15.0. The predicted octanol–water partition coefficient (Wildman–Crippen LogP) is 20.2. The summed E-state index contributed by atoms with van der Waals surface area (Å²) in [6, 6.07) is 113. The lowest BCUT2D eigenvalue weighted by molar-refractivity contribution is 0.592. The first-order valence-electron chi connectivity index (χ1n) is 29.9. The quantitative estimate of drug-likeness (QED) is 0.118. The predicted molar refractivity (Wildman–Crippen MR) is 372 cm³/mol. The topological polar surface area (TPSA) is 51.7 Å². The number of fused-ring (bicyclic) bond motifs is 18. The molecule has 0 N–H and O–H groups in total. The molecule has 0 aliphatic rings. The highest BCUT2D eigenvalue weighted by molar-refractivity contribution is 7.85. The van der Waals surface area contributed by atoms with Crippen molar-refractivity contribution in [3.8, 4) is 44.5 Å². The van der Waals surface area contributed by atoms with Crippen LogP contribution in [0.3, 0.4) is 0 Å². The Balaban J connectivity index is 0.000000144. The summed E-state index contributed by atoms with van der Waals surface area (Å²) in [4.78, 5) is 10.1. The largest absolute Gasteiger partial charge is 0.309 e. The average Bonchev–Trinajstić information content (AvgIpc) is 1.70. The fourth-order valence-corrected chi connectivity index (χ4v) is 16.1. The van der Waals surface area contributed by atoms with Gasteiger partial charge < -0.3 is 4.57 Å². The second-order valence-electron chi connectivity index (χ2n) is 22.8. The molecule has 0 aliphatic heterocycles. The van der Waals surface area contributed by atoms with Gasteiger partial charge in [-0.25, -0.2) is 9.97 Å². The Morgan fingerprint density at radius 3 is 1.07 bits per heavy atom. The van der Waals surface area contributed by atoms with Crippen molar-refractivity contribution in [2.75, 3.05) is 0 Å². The minimum absolute atomic E-state index is 0.837. The molecule has 18 rings (SSSR count). The number of benzene rings is 14. The van der Waals surface area contributed by atoms with Crippen molar-refractivity contribution in [3.63, 3.8) is 0 Å². The van der Waals surface area contributed by atoms with Crippen molar-refractivity contribution in [1.82, 2.24) is 18.8 Å². The minimum atomic E-state index is -3.07. The molecule has 4 heterocycles. The second-order valence-corrected chi connectivity index (χ2v) is 25.6. The molecule has 14 aromatic carbocycles. The lowest BCUT2D eigenvalue weighted by atomic mass is 9.96. The first-order valence-corrected chi connectivity index (χ1v) is 31.6. The van der Waals surface area contributed by atoms with Crippen molar-refractivity contribution in [2.24, 2.45) is 0 Å². The summed E-state index contributed by atoms with van der Waals surface area (Å²) in [5.74, 6) is 0. The normalized spacial score (nSPS) is 11.9. The molecule has 5 nitrogen and oxygen atoms in total. The third kappa shape index (κ3) is 8.50. The summed E-state index contributed by atoms with van der Waals surface area (Å²) in [5, 5.41) is 14.4. The molecule has 18 aromatic rings. The molecular formula is C82H53N4OP. The van der Waals surface area contributed by atoms with Crippen LogP contribution in [0, 0.1) is 0 Å². The van der Waals surface area contributed by atoms with Gasteiger partial charge in [-0.3, -0.25) is 8.80 Å². The summed E-state index contributed by atoms with van der Waals surface area (Å²) >= 11 is 0. The molecule has 0 saturated carbocycles. The standard InChI is InChI=1S/C47H31N2OP.C35H22N2/c50-51(38-11-3-1-4-12-38,39-13-5-2-6-14-39)40-27-25-34-23-24-35(29-37(34)30-40)32-19-21-33(22-20-32)36-26-28-42-43(31-36)41-15-7-9-17-45(41)49-46-18-10-8-16-44(46)48-47(42)49;1-2-8-26-21-27(18-17-23(26)7-1)24-13-15-25(16-14-24)28-19-20-30-31(22-28)29-9-3-5-11-33(29)37-34-12-6-4-10-32(34)36-35(30)37/h1-31H;1-22H. The van der Waals surface area contributed by atoms with Gasteiger partial charge in [0.05, 0.1) is 33.1 Å². The number of aromatic nitrogens is 4. The molecule has 412 valence electrons. The van der Waals surface area contributed by atoms with Gasteiger partial charge >= 0.3 is 0 Å². The van der Waals surface area contributed by atoms with Crippen LogP contribution in [0.25, 0.3) is 143 Å². The fourth-order valence-electron chi connectivity index (χ4n) is 13.4. The van der Waals surface area contributed by atoms with E-state index < -0.39 is 7.14 Å². The van der Waals surface area contributed by atoms with E-state index in [1.165, 1.54) is 71.0 Å². The maximum Gasteiger partial charge on any atom is 0.171 e. The zero-order valence-electron chi connectivity index (χ0n) is 47.7. The third-order valence-electron chi connectivity index (χ3n) is 17.8. The second kappa shape index (κ2) is 20.8. The third-order valence-corrected chi connectivity index (χ3v) is 20.8. The van der Waals surface area contributed by atoms with Crippen molar-refractivity contribution < 1.29 is 4.57 Å². The van der Waals surface area contributed by atoms with Gasteiger partial charge in [-0.1, -0.05) is 243 Å². The smallest absolute Gasteiger partial charge is 0.171 e. The molecule has 0 amide bonds. The van der Waals surface area contributed by atoms with Gasteiger partial charge in [0, 0.05) is 37.5 Å². The highest BCUT2D eigenvalue weighted by atomic mass is 31.2. The molecule has 0 bridgehead atoms. The van der Waals surface area contributed by atoms with Gasteiger partial charge in [-0.2, -0.15) is 0 Å². The van der Waals surface area contributed by atoms with Crippen molar-refractivity contribution in [3.05, 3.63) is 322 Å². The van der Waals surface area contributed by atoms with Crippen molar-refractivity contribution >= 4 is 121 Å². The number of hydrogen-bond acceptors (Lipinski definition) is 3. The highest BCUT2D eigenvalue weighted by Crippen LogP contribution is 2.44. The lowest BCUT2D eigenvalue weighted by Gasteiger charge is -2.20. The van der Waals surface area contributed by atoms with Crippen LogP contribution < -0.4 is 15.9 Å². The van der Waals surface area contributed by atoms with Crippen LogP contribution in [0.15, 0.2) is 322 Å². The molecule has 0 atom stereocenters. The van der Waals surface area contributed by atoms with Crippen LogP contribution >= 0.6 is 7.14 Å². The van der Waals surface area contributed by atoms with E-state index in [0.717, 1.165) is 87.6 Å². The molecular weight excluding hydrogens is 1090 g/mol. The molecule has 0 unspecified atom stereocenters. The van der Waals surface area contributed by atoms with E-state index in [-0.39, 0.29) is 0 Å². The van der Waals surface area contributed by atoms with Gasteiger partial charge in [0.1, 0.15) is 11.3 Å². The molecule has 6 heteroatoms. The number of pyridine rings is 2. The van der Waals surface area contributed by atoms with Gasteiger partial charge in [-0.15, -0.1) is 0 Å². The Morgan fingerprint density at radius 2 is 0.580 bits per heavy atom. The summed E-state index contributed by atoms with van der Waals surface area (Å²) in [6.07, 6.45) is 0. The first kappa shape index (κ1) is 51.2. The number of para-hydroxylation sites is 6. The molecule has 0 fully saturated rings. The SMILES string of the molecule is O=P(c1ccccc1)(c1ccccc1)c1ccc2ccc(-c3ccc(-c4ccc5c(c4)c4ccccc4n4c6ccccc6nc54)cc3)cc2c1.c1ccc2cc(-c3ccc(-c4ccc5c(c4)c4ccccc4n4c6ccccc6nc54)cc3)ccc2c1. The van der Waals surface area contributed by atoms with Crippen LogP contribution in [-0.2, 0) is 4.57 Å². The zero-order valence-corrected chi connectivity index (χ0v) is 48.6. The Kier molecular flexibility index (Phi) is 12.1. The van der Waals surface area contributed by atoms with E-state index in [2.05, 4.69) is 258 Å². The Labute approximate surface area is 507 Å². The number of imidazole rings is 2. The lowest BCUT2D eigenvalue weighted by Crippen LogP contribution is -2.24. The van der Waals surface area contributed by atoms with Crippen LogP contribution in [0.2, 0.25) is 0 Å². The van der Waals surface area contributed by atoms with Gasteiger partial charge in [0.25, 0.3) is 0 Å². The monoisotopic (exact) mass is 1140 g/mol. The maximum absolute atomic E-state index is 15.0. The number of hydrogen-bond donors (Lipinski definition) is 0. The summed E-state index contributed by atoms with van der Waals surface area (Å²) in [6.45, 7) is 0. The van der Waals surface area contributed by atoms with Crippen LogP contribution in [0.5, 0.6) is 0 Å². The fraction of sp³-hybridized carbons (Fsp3) is 0. The van der Waals surface area contributed by atoms with E-state index in [1.807, 2.05) is 72.8 Å². The Bertz CT molecular complexity index is 5790. The van der Waals surface area contributed by atoms with E-state index in [0.29, 0.717) is 0 Å². The number of rotatable bonds is 7. The molecule has 4 aromatic heterocycles. The van der Waals surface area contributed by atoms with Crippen LogP contribution in [0.4, 0.5) is 0 Å². The van der Waals surface area contributed by atoms with E-state index in [9.17, 15) is 0 Å². The van der Waals surface area contributed by atoms with Crippen molar-refractivity contribution in [2.45, 2.75) is 0 Å². The van der Waals surface area contributed by atoms with Crippen molar-refractivity contribution in [1.29, 1.82) is 0 Å². The van der Waals surface area contributed by atoms with Gasteiger partial charge in [0.15, 0.2) is 7.14 Å².